The summed E-state index contributed by atoms with van der Waals surface area (Å²) < 4.78 is 53.0. The largest absolute Gasteiger partial charge is 0.344 e. The van der Waals surface area contributed by atoms with E-state index >= 15 is 0 Å². The van der Waals surface area contributed by atoms with Crippen molar-refractivity contribution >= 4 is 15.9 Å². The van der Waals surface area contributed by atoms with Gasteiger partial charge in [0.15, 0.2) is 6.04 Å². The number of quaternary nitrogens is 1. The third-order valence-electron chi connectivity index (χ3n) is 4.30. The van der Waals surface area contributed by atoms with Gasteiger partial charge in [-0.25, -0.2) is 17.2 Å². The Morgan fingerprint density at radius 3 is 2.33 bits per heavy atom. The lowest BCUT2D eigenvalue weighted by Gasteiger charge is -2.34. The van der Waals surface area contributed by atoms with Crippen LogP contribution < -0.4 is 4.90 Å². The van der Waals surface area contributed by atoms with Crippen molar-refractivity contribution in [2.24, 2.45) is 0 Å². The Kier molecular flexibility index (Phi) is 5.56. The van der Waals surface area contributed by atoms with Gasteiger partial charge in [-0.2, -0.15) is 4.31 Å². The Morgan fingerprint density at radius 1 is 1.25 bits per heavy atom. The minimum Gasteiger partial charge on any atom is -0.344 e. The molecule has 0 aliphatic carbocycles. The summed E-state index contributed by atoms with van der Waals surface area (Å²) in [5.41, 5.74) is 0. The van der Waals surface area contributed by atoms with E-state index in [9.17, 15) is 22.0 Å². The van der Waals surface area contributed by atoms with Crippen LogP contribution in [0.25, 0.3) is 0 Å². The molecule has 1 N–H and O–H groups in total. The van der Waals surface area contributed by atoms with Crippen LogP contribution in [0.3, 0.4) is 0 Å². The van der Waals surface area contributed by atoms with Gasteiger partial charge in [-0.15, -0.1) is 0 Å². The Morgan fingerprint density at radius 2 is 1.83 bits per heavy atom. The van der Waals surface area contributed by atoms with E-state index in [-0.39, 0.29) is 25.0 Å². The van der Waals surface area contributed by atoms with E-state index in [1.165, 1.54) is 9.21 Å². The number of hydrogen-bond donors (Lipinski definition) is 1. The van der Waals surface area contributed by atoms with Crippen molar-refractivity contribution in [2.75, 3.05) is 40.3 Å². The summed E-state index contributed by atoms with van der Waals surface area (Å²) >= 11 is 0. The van der Waals surface area contributed by atoms with Crippen LogP contribution >= 0.6 is 0 Å². The molecule has 0 unspecified atom stereocenters. The van der Waals surface area contributed by atoms with E-state index in [1.54, 1.807) is 14.1 Å². The predicted molar refractivity (Wildman–Crippen MR) is 84.0 cm³/mol. The van der Waals surface area contributed by atoms with Gasteiger partial charge in [0.25, 0.3) is 5.91 Å². The van der Waals surface area contributed by atoms with Gasteiger partial charge in [0.05, 0.1) is 26.2 Å². The van der Waals surface area contributed by atoms with Gasteiger partial charge in [-0.3, -0.25) is 4.79 Å². The fourth-order valence-corrected chi connectivity index (χ4v) is 4.32. The molecule has 0 radical (unpaired) electrons. The number of hydrogen-bond acceptors (Lipinski definition) is 3. The molecule has 1 aliphatic rings. The lowest BCUT2D eigenvalue weighted by atomic mass is 10.2. The smallest absolute Gasteiger partial charge is 0.280 e. The molecule has 1 aromatic rings. The zero-order valence-corrected chi connectivity index (χ0v) is 14.7. The first kappa shape index (κ1) is 18.8. The zero-order chi connectivity index (χ0) is 18.1. The SMILES string of the molecule is C[C@@H](C(=O)N(C)C)[NH+]1CCN(S(=O)(=O)c2ccc(F)cc2F)CC1. The minimum atomic E-state index is -4.01. The van der Waals surface area contributed by atoms with Crippen LogP contribution in [-0.2, 0) is 14.8 Å². The quantitative estimate of drug-likeness (QED) is 0.773. The van der Waals surface area contributed by atoms with Gasteiger partial charge >= 0.3 is 0 Å². The third kappa shape index (κ3) is 3.73. The minimum absolute atomic E-state index is 0.0223. The van der Waals surface area contributed by atoms with E-state index in [0.29, 0.717) is 19.2 Å². The molecule has 0 saturated carbocycles. The Hall–Kier alpha value is -1.58. The number of piperazine rings is 1. The summed E-state index contributed by atoms with van der Waals surface area (Å²) in [4.78, 5) is 14.0. The number of sulfonamides is 1. The summed E-state index contributed by atoms with van der Waals surface area (Å²) in [5.74, 6) is -1.94. The van der Waals surface area contributed by atoms with Gasteiger partial charge in [-0.1, -0.05) is 0 Å². The molecule has 134 valence electrons. The number of carbonyl (C=O) groups is 1. The molecular weight excluding hydrogens is 340 g/mol. The molecule has 0 bridgehead atoms. The zero-order valence-electron chi connectivity index (χ0n) is 13.9. The van der Waals surface area contributed by atoms with Crippen LogP contribution in [0.15, 0.2) is 23.1 Å². The standard InChI is InChI=1S/C15H21F2N3O3S/c1-11(15(21)18(2)3)19-6-8-20(9-7-19)24(22,23)14-5-4-12(16)10-13(14)17/h4-5,10-11H,6-9H2,1-3H3/p+1/t11-/m0/s1. The average Bonchev–Trinajstić information content (AvgIpc) is 2.53. The van der Waals surface area contributed by atoms with Crippen LogP contribution in [0.5, 0.6) is 0 Å². The Balaban J connectivity index is 2.10. The molecule has 6 nitrogen and oxygen atoms in total. The maximum Gasteiger partial charge on any atom is 0.280 e. The van der Waals surface area contributed by atoms with Crippen LogP contribution in [0, 0.1) is 11.6 Å². The molecule has 1 saturated heterocycles. The molecule has 9 heteroatoms. The molecule has 0 spiro atoms. The molecule has 1 heterocycles. The Bertz CT molecular complexity index is 717. The maximum atomic E-state index is 13.8. The molecule has 1 amide bonds. The monoisotopic (exact) mass is 362 g/mol. The van der Waals surface area contributed by atoms with Crippen molar-refractivity contribution in [3.63, 3.8) is 0 Å². The maximum absolute atomic E-state index is 13.8. The third-order valence-corrected chi connectivity index (χ3v) is 6.23. The number of nitrogens with one attached hydrogen (secondary N) is 1. The topological polar surface area (TPSA) is 62.1 Å². The number of likely N-dealkylation sites (N-methyl/N-ethyl adjacent to an activating group) is 1. The van der Waals surface area contributed by atoms with Gasteiger partial charge in [0.1, 0.15) is 16.5 Å². The second-order valence-electron chi connectivity index (χ2n) is 6.09. The second kappa shape index (κ2) is 7.12. The molecular formula is C15H22F2N3O3S+. The number of nitrogens with zero attached hydrogens (tertiary/aromatic N) is 2. The van der Waals surface area contributed by atoms with Crippen LogP contribution in [0.1, 0.15) is 6.92 Å². The van der Waals surface area contributed by atoms with Crippen molar-refractivity contribution in [3.05, 3.63) is 29.8 Å². The fourth-order valence-electron chi connectivity index (χ4n) is 2.83. The van der Waals surface area contributed by atoms with E-state index in [0.717, 1.165) is 17.0 Å². The number of carbonyl (C=O) groups excluding carboxylic acids is 1. The van der Waals surface area contributed by atoms with Crippen molar-refractivity contribution in [1.82, 2.24) is 9.21 Å². The molecule has 1 aliphatic heterocycles. The second-order valence-corrected chi connectivity index (χ2v) is 8.00. The summed E-state index contributed by atoms with van der Waals surface area (Å²) in [6, 6.07) is 2.16. The highest BCUT2D eigenvalue weighted by atomic mass is 32.2. The number of rotatable bonds is 4. The van der Waals surface area contributed by atoms with E-state index in [2.05, 4.69) is 0 Å². The summed E-state index contributed by atoms with van der Waals surface area (Å²) in [5, 5.41) is 0. The normalized spacial score (nSPS) is 18.4. The lowest BCUT2D eigenvalue weighted by Crippen LogP contribution is -3.19. The number of benzene rings is 1. The number of amides is 1. The van der Waals surface area contributed by atoms with Gasteiger partial charge in [0, 0.05) is 20.2 Å². The van der Waals surface area contributed by atoms with Crippen LogP contribution in [0.2, 0.25) is 0 Å². The van der Waals surface area contributed by atoms with Crippen molar-refractivity contribution in [2.45, 2.75) is 17.9 Å². The molecule has 0 aromatic heterocycles. The van der Waals surface area contributed by atoms with E-state index in [1.807, 2.05) is 6.92 Å². The highest BCUT2D eigenvalue weighted by Crippen LogP contribution is 2.20. The van der Waals surface area contributed by atoms with Crippen molar-refractivity contribution in [3.8, 4) is 0 Å². The average molecular weight is 362 g/mol. The summed E-state index contributed by atoms with van der Waals surface area (Å²) in [6.07, 6.45) is 0. The summed E-state index contributed by atoms with van der Waals surface area (Å²) in [6.45, 7) is 3.06. The Labute approximate surface area is 140 Å². The lowest BCUT2D eigenvalue weighted by molar-refractivity contribution is -0.917. The molecule has 24 heavy (non-hydrogen) atoms. The van der Waals surface area contributed by atoms with Crippen LogP contribution in [0.4, 0.5) is 8.78 Å². The van der Waals surface area contributed by atoms with Gasteiger partial charge in [0.2, 0.25) is 10.0 Å². The van der Waals surface area contributed by atoms with Crippen LogP contribution in [-0.4, -0.2) is 69.8 Å². The predicted octanol–water partition coefficient (Wildman–Crippen LogP) is -0.669. The number of halogens is 2. The van der Waals surface area contributed by atoms with Crippen molar-refractivity contribution in [1.29, 1.82) is 0 Å². The summed E-state index contributed by atoms with van der Waals surface area (Å²) in [7, 11) is -0.658. The first-order valence-corrected chi connectivity index (χ1v) is 9.09. The first-order valence-electron chi connectivity index (χ1n) is 7.65. The molecule has 1 fully saturated rings. The van der Waals surface area contributed by atoms with E-state index < -0.39 is 26.6 Å². The highest BCUT2D eigenvalue weighted by molar-refractivity contribution is 7.89. The van der Waals surface area contributed by atoms with E-state index in [4.69, 9.17) is 0 Å². The molecule has 1 aromatic carbocycles. The highest BCUT2D eigenvalue weighted by Gasteiger charge is 2.35. The first-order chi connectivity index (χ1) is 11.1. The van der Waals surface area contributed by atoms with Crippen molar-refractivity contribution < 1.29 is 26.9 Å². The fraction of sp³-hybridized carbons (Fsp3) is 0.533. The van der Waals surface area contributed by atoms with Gasteiger partial charge < -0.3 is 9.80 Å². The van der Waals surface area contributed by atoms with Gasteiger partial charge in [-0.05, 0) is 19.1 Å². The molecule has 1 atom stereocenters. The molecule has 2 rings (SSSR count).